The molecule has 0 N–H and O–H groups in total. The van der Waals surface area contributed by atoms with Crippen molar-refractivity contribution >= 4 is 0 Å². The number of hydrogen-bond acceptors (Lipinski definition) is 1. The Hall–Kier alpha value is -2.46. The fraction of sp³-hybridized carbons (Fsp3) is 0.333. The third kappa shape index (κ3) is 3.74. The normalized spacial score (nSPS) is 17.5. The van der Waals surface area contributed by atoms with Gasteiger partial charge < -0.3 is 4.57 Å². The molecule has 1 aromatic heterocycles. The van der Waals surface area contributed by atoms with E-state index in [1.807, 2.05) is 18.3 Å². The van der Waals surface area contributed by atoms with E-state index in [-0.39, 0.29) is 6.04 Å². The number of rotatable bonds is 4. The molecule has 0 spiro atoms. The summed E-state index contributed by atoms with van der Waals surface area (Å²) in [7, 11) is 0. The lowest BCUT2D eigenvalue weighted by molar-refractivity contribution is 0.216. The van der Waals surface area contributed by atoms with Crippen LogP contribution in [0.3, 0.4) is 0 Å². The van der Waals surface area contributed by atoms with Crippen LogP contribution in [0.2, 0.25) is 0 Å². The standard InChI is InChI=1S/C24H26F2N2/c1-17(2)19-8-6-18(7-9-19)16-28-14-4-13-27-12-3-5-23(27)24(28)21-11-10-20(25)15-22(21)26/h3,5-12,15,17,24H,4,13-14,16H2,1-2H3/t24-/m0/s1. The molecule has 28 heavy (non-hydrogen) atoms. The summed E-state index contributed by atoms with van der Waals surface area (Å²) in [4.78, 5) is 2.31. The molecule has 2 heterocycles. The fourth-order valence-corrected chi connectivity index (χ4v) is 4.13. The molecule has 1 aliphatic heterocycles. The van der Waals surface area contributed by atoms with Crippen LogP contribution in [0.5, 0.6) is 0 Å². The zero-order chi connectivity index (χ0) is 19.7. The van der Waals surface area contributed by atoms with Crippen molar-refractivity contribution in [3.05, 3.63) is 94.8 Å². The van der Waals surface area contributed by atoms with Crippen molar-refractivity contribution in [1.82, 2.24) is 9.47 Å². The van der Waals surface area contributed by atoms with Gasteiger partial charge in [-0.2, -0.15) is 0 Å². The Morgan fingerprint density at radius 3 is 2.50 bits per heavy atom. The molecule has 0 unspecified atom stereocenters. The Morgan fingerprint density at radius 1 is 1.00 bits per heavy atom. The van der Waals surface area contributed by atoms with Gasteiger partial charge in [0.25, 0.3) is 0 Å². The van der Waals surface area contributed by atoms with Crippen LogP contribution in [-0.2, 0) is 13.1 Å². The molecule has 4 rings (SSSR count). The van der Waals surface area contributed by atoms with Crippen molar-refractivity contribution in [2.45, 2.75) is 45.3 Å². The topological polar surface area (TPSA) is 8.17 Å². The summed E-state index contributed by atoms with van der Waals surface area (Å²) in [6.07, 6.45) is 3.04. The van der Waals surface area contributed by atoms with Gasteiger partial charge in [0, 0.05) is 43.2 Å². The van der Waals surface area contributed by atoms with Crippen LogP contribution in [0.1, 0.15) is 54.6 Å². The summed E-state index contributed by atoms with van der Waals surface area (Å²) in [5, 5.41) is 0. The van der Waals surface area contributed by atoms with Crippen molar-refractivity contribution in [1.29, 1.82) is 0 Å². The molecule has 0 fully saturated rings. The first-order valence-electron chi connectivity index (χ1n) is 9.96. The average molecular weight is 380 g/mol. The van der Waals surface area contributed by atoms with Crippen molar-refractivity contribution in [3.8, 4) is 0 Å². The van der Waals surface area contributed by atoms with Gasteiger partial charge in [-0.15, -0.1) is 0 Å². The smallest absolute Gasteiger partial charge is 0.131 e. The number of aromatic nitrogens is 1. The van der Waals surface area contributed by atoms with E-state index in [1.165, 1.54) is 17.2 Å². The van der Waals surface area contributed by atoms with Gasteiger partial charge in [-0.05, 0) is 41.7 Å². The average Bonchev–Trinajstić information content (AvgIpc) is 3.05. The van der Waals surface area contributed by atoms with Gasteiger partial charge in [0.15, 0.2) is 0 Å². The summed E-state index contributed by atoms with van der Waals surface area (Å²) in [5.41, 5.74) is 4.11. The molecule has 4 heteroatoms. The number of fused-ring (bicyclic) bond motifs is 1. The van der Waals surface area contributed by atoms with Crippen LogP contribution >= 0.6 is 0 Å². The lowest BCUT2D eigenvalue weighted by Gasteiger charge is -2.31. The third-order valence-corrected chi connectivity index (χ3v) is 5.64. The predicted octanol–water partition coefficient (Wildman–Crippen LogP) is 5.89. The second-order valence-electron chi connectivity index (χ2n) is 7.92. The molecular formula is C24H26F2N2. The van der Waals surface area contributed by atoms with E-state index >= 15 is 0 Å². The van der Waals surface area contributed by atoms with Crippen molar-refractivity contribution in [2.24, 2.45) is 0 Å². The molecule has 3 aromatic rings. The van der Waals surface area contributed by atoms with Crippen molar-refractivity contribution < 1.29 is 8.78 Å². The molecule has 0 saturated heterocycles. The van der Waals surface area contributed by atoms with E-state index < -0.39 is 11.6 Å². The highest BCUT2D eigenvalue weighted by atomic mass is 19.1. The number of halogens is 2. The Morgan fingerprint density at radius 2 is 1.79 bits per heavy atom. The maximum absolute atomic E-state index is 14.7. The first-order valence-corrected chi connectivity index (χ1v) is 9.96. The Kier molecular flexibility index (Phi) is 5.31. The van der Waals surface area contributed by atoms with Gasteiger partial charge in [-0.1, -0.05) is 44.2 Å². The fourth-order valence-electron chi connectivity index (χ4n) is 4.13. The Bertz CT molecular complexity index is 943. The van der Waals surface area contributed by atoms with Crippen molar-refractivity contribution in [3.63, 3.8) is 0 Å². The van der Waals surface area contributed by atoms with E-state index in [0.717, 1.165) is 37.8 Å². The number of hydrogen-bond donors (Lipinski definition) is 0. The maximum atomic E-state index is 14.7. The molecule has 0 amide bonds. The van der Waals surface area contributed by atoms with Gasteiger partial charge in [-0.25, -0.2) is 8.78 Å². The van der Waals surface area contributed by atoms with Gasteiger partial charge in [0.05, 0.1) is 6.04 Å². The lowest BCUT2D eigenvalue weighted by atomic mass is 9.99. The summed E-state index contributed by atoms with van der Waals surface area (Å²) in [6.45, 7) is 6.86. The zero-order valence-corrected chi connectivity index (χ0v) is 16.4. The maximum Gasteiger partial charge on any atom is 0.131 e. The second kappa shape index (κ2) is 7.88. The largest absolute Gasteiger partial charge is 0.350 e. The molecule has 0 bridgehead atoms. The third-order valence-electron chi connectivity index (χ3n) is 5.64. The molecular weight excluding hydrogens is 354 g/mol. The minimum absolute atomic E-state index is 0.233. The van der Waals surface area contributed by atoms with E-state index in [4.69, 9.17) is 0 Å². The minimum Gasteiger partial charge on any atom is -0.350 e. The number of aryl methyl sites for hydroxylation is 1. The highest BCUT2D eigenvalue weighted by molar-refractivity contribution is 5.32. The highest BCUT2D eigenvalue weighted by Crippen LogP contribution is 2.34. The first kappa shape index (κ1) is 18.9. The molecule has 0 radical (unpaired) electrons. The van der Waals surface area contributed by atoms with Crippen LogP contribution in [-0.4, -0.2) is 16.0 Å². The number of nitrogens with zero attached hydrogens (tertiary/aromatic N) is 2. The quantitative estimate of drug-likeness (QED) is 0.548. The predicted molar refractivity (Wildman–Crippen MR) is 108 cm³/mol. The summed E-state index contributed by atoms with van der Waals surface area (Å²) in [5.74, 6) is -0.530. The van der Waals surface area contributed by atoms with Gasteiger partial charge >= 0.3 is 0 Å². The summed E-state index contributed by atoms with van der Waals surface area (Å²) in [6, 6.07) is 16.4. The summed E-state index contributed by atoms with van der Waals surface area (Å²) < 4.78 is 30.5. The SMILES string of the molecule is CC(C)c1ccc(CN2CCCn3cccc3[C@@H]2c2ccc(F)cc2F)cc1. The molecule has 0 saturated carbocycles. The molecule has 1 atom stereocenters. The van der Waals surface area contributed by atoms with Crippen LogP contribution in [0.4, 0.5) is 8.78 Å². The summed E-state index contributed by atoms with van der Waals surface area (Å²) >= 11 is 0. The van der Waals surface area contributed by atoms with Crippen LogP contribution in [0.15, 0.2) is 60.8 Å². The zero-order valence-electron chi connectivity index (χ0n) is 16.4. The van der Waals surface area contributed by atoms with Gasteiger partial charge in [0.1, 0.15) is 11.6 Å². The molecule has 1 aliphatic rings. The molecule has 146 valence electrons. The van der Waals surface area contributed by atoms with Crippen LogP contribution in [0, 0.1) is 11.6 Å². The minimum atomic E-state index is -0.541. The van der Waals surface area contributed by atoms with E-state index in [2.05, 4.69) is 47.6 Å². The Labute approximate surface area is 165 Å². The molecule has 2 aromatic carbocycles. The van der Waals surface area contributed by atoms with Crippen LogP contribution in [0.25, 0.3) is 0 Å². The van der Waals surface area contributed by atoms with Crippen LogP contribution < -0.4 is 0 Å². The monoisotopic (exact) mass is 380 g/mol. The van der Waals surface area contributed by atoms with E-state index in [1.54, 1.807) is 6.07 Å². The molecule has 0 aliphatic carbocycles. The van der Waals surface area contributed by atoms with E-state index in [9.17, 15) is 8.78 Å². The van der Waals surface area contributed by atoms with Gasteiger partial charge in [0.2, 0.25) is 0 Å². The second-order valence-corrected chi connectivity index (χ2v) is 7.92. The lowest BCUT2D eigenvalue weighted by Crippen LogP contribution is -2.30. The Balaban J connectivity index is 1.71. The van der Waals surface area contributed by atoms with E-state index in [0.29, 0.717) is 11.5 Å². The molecule has 2 nitrogen and oxygen atoms in total. The number of benzene rings is 2. The van der Waals surface area contributed by atoms with Gasteiger partial charge in [-0.3, -0.25) is 4.90 Å². The van der Waals surface area contributed by atoms with Crippen molar-refractivity contribution in [2.75, 3.05) is 6.54 Å². The first-order chi connectivity index (χ1) is 13.5. The highest BCUT2D eigenvalue weighted by Gasteiger charge is 2.29.